The zero-order valence-electron chi connectivity index (χ0n) is 13.3. The van der Waals surface area contributed by atoms with E-state index in [-0.39, 0.29) is 22.5 Å². The van der Waals surface area contributed by atoms with Gasteiger partial charge in [0.25, 0.3) is 0 Å². The second-order valence-corrected chi connectivity index (χ2v) is 6.83. The van der Waals surface area contributed by atoms with Gasteiger partial charge in [-0.3, -0.25) is 4.79 Å². The largest absolute Gasteiger partial charge is 0.417 e. The van der Waals surface area contributed by atoms with E-state index in [4.69, 9.17) is 5.26 Å². The number of halogens is 3. The van der Waals surface area contributed by atoms with E-state index >= 15 is 0 Å². The van der Waals surface area contributed by atoms with Crippen LogP contribution in [0.1, 0.15) is 37.6 Å². The fourth-order valence-electron chi connectivity index (χ4n) is 1.73. The summed E-state index contributed by atoms with van der Waals surface area (Å²) in [5, 5.41) is 11.1. The van der Waals surface area contributed by atoms with Gasteiger partial charge in [0.05, 0.1) is 16.4 Å². The molecule has 0 aliphatic rings. The predicted molar refractivity (Wildman–Crippen MR) is 81.9 cm³/mol. The lowest BCUT2D eigenvalue weighted by Gasteiger charge is -2.16. The SMILES string of the molecule is Cc1cc(C(F)(F)F)c(C#N)c(SC(C)C(=O)NCC(C)C)n1. The van der Waals surface area contributed by atoms with Crippen LogP contribution in [-0.4, -0.2) is 22.7 Å². The van der Waals surface area contributed by atoms with E-state index in [1.807, 2.05) is 13.8 Å². The monoisotopic (exact) mass is 345 g/mol. The second kappa shape index (κ2) is 7.68. The number of carbonyl (C=O) groups excluding carboxylic acids is 1. The quantitative estimate of drug-likeness (QED) is 0.829. The standard InChI is InChI=1S/C15H18F3N3OS/c1-8(2)7-20-13(22)10(4)23-14-11(6-19)12(15(16,17)18)5-9(3)21-14/h5,8,10H,7H2,1-4H3,(H,20,22). The zero-order chi connectivity index (χ0) is 17.8. The van der Waals surface area contributed by atoms with Crippen LogP contribution in [-0.2, 0) is 11.0 Å². The first kappa shape index (κ1) is 19.3. The van der Waals surface area contributed by atoms with Gasteiger partial charge in [0, 0.05) is 12.2 Å². The molecule has 1 amide bonds. The Morgan fingerprint density at radius 3 is 2.52 bits per heavy atom. The van der Waals surface area contributed by atoms with Crippen molar-refractivity contribution < 1.29 is 18.0 Å². The average molecular weight is 345 g/mol. The molecule has 8 heteroatoms. The van der Waals surface area contributed by atoms with Gasteiger partial charge < -0.3 is 5.32 Å². The van der Waals surface area contributed by atoms with Crippen LogP contribution in [0.3, 0.4) is 0 Å². The Hall–Kier alpha value is -1.75. The molecule has 0 bridgehead atoms. The molecule has 23 heavy (non-hydrogen) atoms. The summed E-state index contributed by atoms with van der Waals surface area (Å²) in [7, 11) is 0. The van der Waals surface area contributed by atoms with Crippen molar-refractivity contribution in [3.63, 3.8) is 0 Å². The maximum Gasteiger partial charge on any atom is 0.417 e. The summed E-state index contributed by atoms with van der Waals surface area (Å²) in [4.78, 5) is 15.9. The van der Waals surface area contributed by atoms with Crippen LogP contribution < -0.4 is 5.32 Å². The van der Waals surface area contributed by atoms with Gasteiger partial charge in [0.2, 0.25) is 5.91 Å². The smallest absolute Gasteiger partial charge is 0.355 e. The lowest BCUT2D eigenvalue weighted by molar-refractivity contribution is -0.138. The van der Waals surface area contributed by atoms with Gasteiger partial charge in [-0.25, -0.2) is 4.98 Å². The van der Waals surface area contributed by atoms with Gasteiger partial charge in [0.1, 0.15) is 11.1 Å². The van der Waals surface area contributed by atoms with Crippen molar-refractivity contribution in [3.05, 3.63) is 22.9 Å². The van der Waals surface area contributed by atoms with Gasteiger partial charge >= 0.3 is 6.18 Å². The molecule has 4 nitrogen and oxygen atoms in total. The summed E-state index contributed by atoms with van der Waals surface area (Å²) in [6.45, 7) is 7.33. The Morgan fingerprint density at radius 2 is 2.04 bits per heavy atom. The molecule has 0 aliphatic heterocycles. The van der Waals surface area contributed by atoms with Crippen molar-refractivity contribution in [1.82, 2.24) is 10.3 Å². The van der Waals surface area contributed by atoms with Crippen molar-refractivity contribution in [2.45, 2.75) is 44.1 Å². The van der Waals surface area contributed by atoms with Gasteiger partial charge in [-0.2, -0.15) is 18.4 Å². The number of rotatable bonds is 5. The van der Waals surface area contributed by atoms with Crippen LogP contribution in [0.4, 0.5) is 13.2 Å². The molecule has 1 aromatic rings. The number of hydrogen-bond donors (Lipinski definition) is 1. The lowest BCUT2D eigenvalue weighted by Crippen LogP contribution is -2.33. The van der Waals surface area contributed by atoms with Crippen LogP contribution in [0, 0.1) is 24.2 Å². The van der Waals surface area contributed by atoms with Gasteiger partial charge in [0.15, 0.2) is 0 Å². The minimum absolute atomic E-state index is 0.0768. The molecular formula is C15H18F3N3OS. The topological polar surface area (TPSA) is 65.8 Å². The van der Waals surface area contributed by atoms with Gasteiger partial charge in [-0.1, -0.05) is 25.6 Å². The number of nitriles is 1. The number of thioether (sulfide) groups is 1. The Kier molecular flexibility index (Phi) is 6.45. The number of nitrogens with zero attached hydrogens (tertiary/aromatic N) is 2. The van der Waals surface area contributed by atoms with Crippen molar-refractivity contribution in [1.29, 1.82) is 5.26 Å². The molecule has 1 aromatic heterocycles. The molecule has 0 fully saturated rings. The van der Waals surface area contributed by atoms with Crippen molar-refractivity contribution >= 4 is 17.7 Å². The molecule has 1 rings (SSSR count). The molecule has 0 spiro atoms. The molecule has 1 atom stereocenters. The number of nitrogens with one attached hydrogen (secondary N) is 1. The first-order chi connectivity index (χ1) is 10.6. The number of aromatic nitrogens is 1. The highest BCUT2D eigenvalue weighted by atomic mass is 32.2. The highest BCUT2D eigenvalue weighted by Crippen LogP contribution is 2.36. The maximum absolute atomic E-state index is 13.0. The Labute approximate surface area is 137 Å². The summed E-state index contributed by atoms with van der Waals surface area (Å²) >= 11 is 0.853. The summed E-state index contributed by atoms with van der Waals surface area (Å²) in [6.07, 6.45) is -4.64. The molecule has 0 saturated heterocycles. The van der Waals surface area contributed by atoms with Crippen molar-refractivity contribution in [2.75, 3.05) is 6.54 Å². The van der Waals surface area contributed by atoms with E-state index in [1.165, 1.54) is 6.92 Å². The lowest BCUT2D eigenvalue weighted by atomic mass is 10.1. The fourth-order valence-corrected chi connectivity index (χ4v) is 2.73. The molecule has 0 saturated carbocycles. The van der Waals surface area contributed by atoms with Gasteiger partial charge in [-0.15, -0.1) is 0 Å². The molecular weight excluding hydrogens is 327 g/mol. The highest BCUT2D eigenvalue weighted by Gasteiger charge is 2.36. The number of amides is 1. The second-order valence-electron chi connectivity index (χ2n) is 5.50. The number of pyridine rings is 1. The third kappa shape index (κ3) is 5.43. The van der Waals surface area contributed by atoms with E-state index in [0.29, 0.717) is 6.54 Å². The predicted octanol–water partition coefficient (Wildman–Crippen LogP) is 3.53. The molecule has 0 aliphatic carbocycles. The molecule has 1 heterocycles. The van der Waals surface area contributed by atoms with E-state index in [2.05, 4.69) is 10.3 Å². The minimum atomic E-state index is -4.64. The minimum Gasteiger partial charge on any atom is -0.355 e. The van der Waals surface area contributed by atoms with E-state index in [9.17, 15) is 18.0 Å². The van der Waals surface area contributed by atoms with Crippen LogP contribution in [0.2, 0.25) is 0 Å². The molecule has 1 unspecified atom stereocenters. The number of hydrogen-bond acceptors (Lipinski definition) is 4. The first-order valence-electron chi connectivity index (χ1n) is 6.99. The normalized spacial score (nSPS) is 12.8. The van der Waals surface area contributed by atoms with Crippen molar-refractivity contribution in [2.24, 2.45) is 5.92 Å². The third-order valence-corrected chi connectivity index (χ3v) is 3.96. The number of aryl methyl sites for hydroxylation is 1. The summed E-state index contributed by atoms with van der Waals surface area (Å²) in [6, 6.07) is 2.40. The summed E-state index contributed by atoms with van der Waals surface area (Å²) < 4.78 is 39.1. The van der Waals surface area contributed by atoms with Crippen LogP contribution in [0.25, 0.3) is 0 Å². The molecule has 0 radical (unpaired) electrons. The molecule has 1 N–H and O–H groups in total. The summed E-state index contributed by atoms with van der Waals surface area (Å²) in [5.41, 5.74) is -1.42. The fraction of sp³-hybridized carbons (Fsp3) is 0.533. The maximum atomic E-state index is 13.0. The highest BCUT2D eigenvalue weighted by molar-refractivity contribution is 8.00. The van der Waals surface area contributed by atoms with E-state index < -0.39 is 22.6 Å². The summed E-state index contributed by atoms with van der Waals surface area (Å²) in [5.74, 6) is -0.0378. The Bertz CT molecular complexity index is 624. The molecule has 126 valence electrons. The zero-order valence-corrected chi connectivity index (χ0v) is 14.1. The van der Waals surface area contributed by atoms with Crippen LogP contribution in [0.5, 0.6) is 0 Å². The molecule has 0 aromatic carbocycles. The Balaban J connectivity index is 3.07. The first-order valence-corrected chi connectivity index (χ1v) is 7.87. The Morgan fingerprint density at radius 1 is 1.43 bits per heavy atom. The number of carbonyl (C=O) groups is 1. The van der Waals surface area contributed by atoms with Crippen molar-refractivity contribution in [3.8, 4) is 6.07 Å². The number of alkyl halides is 3. The third-order valence-electron chi connectivity index (χ3n) is 2.87. The van der Waals surface area contributed by atoms with Crippen LogP contribution >= 0.6 is 11.8 Å². The van der Waals surface area contributed by atoms with Gasteiger partial charge in [-0.05, 0) is 25.8 Å². The average Bonchev–Trinajstić information content (AvgIpc) is 2.43. The van der Waals surface area contributed by atoms with Crippen LogP contribution in [0.15, 0.2) is 11.1 Å². The van der Waals surface area contributed by atoms with E-state index in [0.717, 1.165) is 17.8 Å². The van der Waals surface area contributed by atoms with E-state index in [1.54, 1.807) is 13.0 Å².